The average Bonchev–Trinajstić information content (AvgIpc) is 2.29. The second-order valence-electron chi connectivity index (χ2n) is 4.24. The number of hydrogen-bond acceptors (Lipinski definition) is 3. The van der Waals surface area contributed by atoms with Gasteiger partial charge in [-0.05, 0) is 45.2 Å². The van der Waals surface area contributed by atoms with Crippen LogP contribution in [0.2, 0.25) is 12.6 Å². The molecule has 1 N–H and O–H groups in total. The minimum Gasteiger partial charge on any atom is -0.395 e. The van der Waals surface area contributed by atoms with Gasteiger partial charge >= 0.3 is 8.56 Å². The van der Waals surface area contributed by atoms with Crippen LogP contribution in [-0.4, -0.2) is 45.1 Å². The van der Waals surface area contributed by atoms with E-state index in [0.717, 1.165) is 24.8 Å². The fourth-order valence-electron chi connectivity index (χ4n) is 2.02. The molecule has 0 rings (SSSR count). The number of rotatable bonds is 10. The van der Waals surface area contributed by atoms with Crippen molar-refractivity contribution in [3.63, 3.8) is 0 Å². The van der Waals surface area contributed by atoms with Gasteiger partial charge in [-0.2, -0.15) is 0 Å². The van der Waals surface area contributed by atoms with Gasteiger partial charge in [0.15, 0.2) is 0 Å². The molecule has 17 heavy (non-hydrogen) atoms. The summed E-state index contributed by atoms with van der Waals surface area (Å²) in [7, 11) is -2.26. The first-order valence-corrected chi connectivity index (χ1v) is 11.0. The third kappa shape index (κ3) is 6.87. The van der Waals surface area contributed by atoms with Gasteiger partial charge in [0.2, 0.25) is 0 Å². The van der Waals surface area contributed by atoms with Crippen molar-refractivity contribution in [1.29, 1.82) is 0 Å². The van der Waals surface area contributed by atoms with Crippen molar-refractivity contribution in [1.82, 2.24) is 0 Å². The van der Waals surface area contributed by atoms with Crippen molar-refractivity contribution >= 4 is 16.5 Å². The van der Waals surface area contributed by atoms with E-state index >= 15 is 0 Å². The van der Waals surface area contributed by atoms with Crippen molar-refractivity contribution in [3.8, 4) is 0 Å². The van der Waals surface area contributed by atoms with Crippen molar-refractivity contribution in [2.75, 3.05) is 25.5 Å². The van der Waals surface area contributed by atoms with Gasteiger partial charge in [0.1, 0.15) is 0 Å². The second kappa shape index (κ2) is 9.46. The van der Waals surface area contributed by atoms with E-state index in [9.17, 15) is 5.11 Å². The molecule has 104 valence electrons. The number of aliphatic hydroxyl groups excluding tert-OH is 1. The molecule has 0 radical (unpaired) electrons. The Morgan fingerprint density at radius 3 is 1.88 bits per heavy atom. The van der Waals surface area contributed by atoms with Gasteiger partial charge in [-0.3, -0.25) is 0 Å². The Kier molecular flexibility index (Phi) is 9.75. The van der Waals surface area contributed by atoms with Crippen LogP contribution in [0, 0.1) is 0 Å². The quantitative estimate of drug-likeness (QED) is 0.492. The van der Waals surface area contributed by atoms with E-state index in [-0.39, 0.29) is 13.8 Å². The topological polar surface area (TPSA) is 38.7 Å². The Morgan fingerprint density at radius 1 is 1.06 bits per heavy atom. The van der Waals surface area contributed by atoms with Gasteiger partial charge in [-0.1, -0.05) is 21.8 Å². The van der Waals surface area contributed by atoms with E-state index in [1.807, 2.05) is 13.8 Å². The van der Waals surface area contributed by atoms with Gasteiger partial charge in [0, 0.05) is 13.2 Å². The lowest BCUT2D eigenvalue weighted by molar-refractivity contribution is 0.180. The molecular weight excluding hydrogens is 251 g/mol. The molecule has 0 aromatic heterocycles. The molecular formula is C12H29O3PSi. The highest BCUT2D eigenvalue weighted by Crippen LogP contribution is 2.41. The monoisotopic (exact) mass is 280 g/mol. The zero-order valence-corrected chi connectivity index (χ0v) is 13.9. The summed E-state index contributed by atoms with van der Waals surface area (Å²) in [5.41, 5.74) is 0. The molecule has 0 aliphatic carbocycles. The first kappa shape index (κ1) is 17.5. The first-order valence-electron chi connectivity index (χ1n) is 6.72. The molecule has 0 aromatic rings. The van der Waals surface area contributed by atoms with Crippen molar-refractivity contribution in [2.45, 2.75) is 52.6 Å². The molecule has 0 amide bonds. The molecule has 0 fully saturated rings. The molecule has 1 unspecified atom stereocenters. The summed E-state index contributed by atoms with van der Waals surface area (Å²) in [6.07, 6.45) is 3.04. The van der Waals surface area contributed by atoms with Crippen LogP contribution >= 0.6 is 7.92 Å². The fraction of sp³-hybridized carbons (Fsp3) is 1.00. The summed E-state index contributed by atoms with van der Waals surface area (Å²) >= 11 is 0. The maximum Gasteiger partial charge on any atom is 0.335 e. The molecule has 0 aliphatic heterocycles. The second-order valence-corrected chi connectivity index (χ2v) is 10.6. The van der Waals surface area contributed by atoms with Gasteiger partial charge in [0.25, 0.3) is 0 Å². The maximum atomic E-state index is 10.1. The molecule has 5 heteroatoms. The molecule has 1 atom stereocenters. The van der Waals surface area contributed by atoms with Gasteiger partial charge in [0.05, 0.1) is 5.85 Å². The molecule has 0 saturated heterocycles. The molecule has 3 nitrogen and oxygen atoms in total. The summed E-state index contributed by atoms with van der Waals surface area (Å²) in [6, 6.07) is 0.898. The Morgan fingerprint density at radius 2 is 1.53 bits per heavy atom. The predicted molar refractivity (Wildman–Crippen MR) is 78.3 cm³/mol. The van der Waals surface area contributed by atoms with Crippen LogP contribution in [-0.2, 0) is 8.85 Å². The lowest BCUT2D eigenvalue weighted by atomic mass is 10.5. The van der Waals surface area contributed by atoms with Crippen LogP contribution < -0.4 is 0 Å². The highest BCUT2D eigenvalue weighted by Gasteiger charge is 2.32. The van der Waals surface area contributed by atoms with E-state index in [1.54, 1.807) is 0 Å². The van der Waals surface area contributed by atoms with Crippen LogP contribution in [0.3, 0.4) is 0 Å². The smallest absolute Gasteiger partial charge is 0.335 e. The van der Waals surface area contributed by atoms with Gasteiger partial charge < -0.3 is 14.0 Å². The van der Waals surface area contributed by atoms with E-state index < -0.39 is 8.56 Å². The molecule has 0 spiro atoms. The normalized spacial score (nSPS) is 14.3. The zero-order chi connectivity index (χ0) is 13.3. The summed E-state index contributed by atoms with van der Waals surface area (Å²) in [4.78, 5) is 0. The minimum absolute atomic E-state index is 0.146. The van der Waals surface area contributed by atoms with Crippen molar-refractivity contribution in [2.24, 2.45) is 0 Å². The van der Waals surface area contributed by atoms with E-state index in [4.69, 9.17) is 8.85 Å². The van der Waals surface area contributed by atoms with Crippen molar-refractivity contribution < 1.29 is 14.0 Å². The lowest BCUT2D eigenvalue weighted by Crippen LogP contribution is -2.39. The lowest BCUT2D eigenvalue weighted by Gasteiger charge is -2.28. The summed E-state index contributed by atoms with van der Waals surface area (Å²) in [6.45, 7) is 11.9. The number of aliphatic hydroxyl groups is 1. The molecule has 0 aliphatic rings. The molecule has 0 aromatic carbocycles. The predicted octanol–water partition coefficient (Wildman–Crippen LogP) is 3.36. The fourth-order valence-corrected chi connectivity index (χ4v) is 6.43. The van der Waals surface area contributed by atoms with E-state index in [1.165, 1.54) is 0 Å². The molecule has 0 saturated carbocycles. The third-order valence-electron chi connectivity index (χ3n) is 2.99. The summed E-state index contributed by atoms with van der Waals surface area (Å²) in [5.74, 6) is -0.146. The zero-order valence-electron chi connectivity index (χ0n) is 12.0. The van der Waals surface area contributed by atoms with Crippen molar-refractivity contribution in [3.05, 3.63) is 0 Å². The van der Waals surface area contributed by atoms with Crippen LogP contribution in [0.25, 0.3) is 0 Å². The standard InChI is InChI=1S/C12H29O3PSi/c1-6-14-17(5,15-7-2)11-10-12(13)16(8-3)9-4/h12-13H,6-11H2,1-5H3. The minimum atomic E-state index is -2.03. The Labute approximate surface area is 109 Å². The van der Waals surface area contributed by atoms with E-state index in [0.29, 0.717) is 13.2 Å². The largest absolute Gasteiger partial charge is 0.395 e. The Bertz CT molecular complexity index is 183. The molecule has 0 bridgehead atoms. The SMILES string of the molecule is CCO[Si](C)(CCC(O)P(CC)CC)OCC. The third-order valence-corrected chi connectivity index (χ3v) is 8.71. The first-order chi connectivity index (χ1) is 8.02. The van der Waals surface area contributed by atoms with E-state index in [2.05, 4.69) is 20.4 Å². The number of hydrogen-bond donors (Lipinski definition) is 1. The van der Waals surface area contributed by atoms with Crippen LogP contribution in [0.4, 0.5) is 0 Å². The van der Waals surface area contributed by atoms with Crippen LogP contribution in [0.5, 0.6) is 0 Å². The molecule has 0 heterocycles. The van der Waals surface area contributed by atoms with Gasteiger partial charge in [-0.15, -0.1) is 0 Å². The highest BCUT2D eigenvalue weighted by atomic mass is 31.1. The van der Waals surface area contributed by atoms with Crippen LogP contribution in [0.15, 0.2) is 0 Å². The summed E-state index contributed by atoms with van der Waals surface area (Å²) in [5, 5.41) is 10.1. The Hall–Kier alpha value is 0.527. The van der Waals surface area contributed by atoms with Gasteiger partial charge in [-0.25, -0.2) is 0 Å². The highest BCUT2D eigenvalue weighted by molar-refractivity contribution is 7.58. The van der Waals surface area contributed by atoms with Crippen LogP contribution in [0.1, 0.15) is 34.1 Å². The average molecular weight is 280 g/mol. The Balaban J connectivity index is 4.19. The summed E-state index contributed by atoms with van der Waals surface area (Å²) < 4.78 is 11.6. The maximum absolute atomic E-state index is 10.1.